The summed E-state index contributed by atoms with van der Waals surface area (Å²) in [5.41, 5.74) is 0.331. The molecule has 0 saturated heterocycles. The van der Waals surface area contributed by atoms with Gasteiger partial charge in [0, 0.05) is 0 Å². The molecule has 0 atom stereocenters. The van der Waals surface area contributed by atoms with Gasteiger partial charge in [-0.15, -0.1) is 0 Å². The molecular weight excluding hydrogens is 151 g/mol. The third kappa shape index (κ3) is 3.32. The number of carbonyl (C=O) groups is 1. The van der Waals surface area contributed by atoms with Crippen molar-refractivity contribution in [3.63, 3.8) is 0 Å². The maximum Gasteiger partial charge on any atom is 0.335 e. The Morgan fingerprint density at radius 2 is 1.64 bits per heavy atom. The number of hydrogen-bond acceptors (Lipinski definition) is 2. The van der Waals surface area contributed by atoms with Gasteiger partial charge in [-0.3, -0.25) is 0 Å². The Hall–Kier alpha value is -1.42. The summed E-state index contributed by atoms with van der Waals surface area (Å²) in [5.74, 6) is -0.879. The van der Waals surface area contributed by atoms with Crippen LogP contribution in [0.5, 0.6) is 0 Å². The van der Waals surface area contributed by atoms with Gasteiger partial charge in [0.05, 0.1) is 5.56 Å². The average molecular weight is 158 g/mol. The normalized spacial score (nSPS) is 7.82. The summed E-state index contributed by atoms with van der Waals surface area (Å²) in [6.45, 7) is 0. The molecule has 0 fully saturated rings. The summed E-state index contributed by atoms with van der Waals surface area (Å²) in [7, 11) is 0. The number of halogens is 1. The summed E-state index contributed by atoms with van der Waals surface area (Å²) in [5, 5.41) is 13.9. The molecule has 4 heteroatoms. The molecule has 1 aromatic rings. The van der Waals surface area contributed by atoms with E-state index in [0.717, 1.165) is 0 Å². The molecule has 0 aliphatic rings. The minimum atomic E-state index is -0.879. The van der Waals surface area contributed by atoms with Gasteiger partial charge in [-0.2, -0.15) is 0 Å². The first-order valence-electron chi connectivity index (χ1n) is 2.76. The molecule has 0 amide bonds. The van der Waals surface area contributed by atoms with Crippen LogP contribution in [0.25, 0.3) is 0 Å². The summed E-state index contributed by atoms with van der Waals surface area (Å²) < 4.78 is 8.50. The third-order valence-electron chi connectivity index (χ3n) is 1.02. The molecular formula is C7H7FO3. The van der Waals surface area contributed by atoms with E-state index in [2.05, 4.69) is 0 Å². The van der Waals surface area contributed by atoms with Gasteiger partial charge >= 0.3 is 5.97 Å². The number of carboxylic acids is 1. The fourth-order valence-corrected chi connectivity index (χ4v) is 0.581. The van der Waals surface area contributed by atoms with Crippen molar-refractivity contribution in [2.45, 2.75) is 0 Å². The van der Waals surface area contributed by atoms with Gasteiger partial charge in [-0.05, 0) is 12.1 Å². The molecule has 0 radical (unpaired) electrons. The third-order valence-corrected chi connectivity index (χ3v) is 1.02. The number of carboxylic acid groups (broad SMARTS) is 1. The topological polar surface area (TPSA) is 57.5 Å². The van der Waals surface area contributed by atoms with Crippen LogP contribution in [0.15, 0.2) is 30.3 Å². The number of aromatic carboxylic acids is 1. The second-order valence-corrected chi connectivity index (χ2v) is 1.67. The number of benzene rings is 1. The van der Waals surface area contributed by atoms with Crippen molar-refractivity contribution in [1.29, 1.82) is 0 Å². The van der Waals surface area contributed by atoms with Gasteiger partial charge in [-0.25, -0.2) is 10.1 Å². The highest BCUT2D eigenvalue weighted by Crippen LogP contribution is 1.96. The fraction of sp³-hybridized carbons (Fsp3) is 0. The van der Waals surface area contributed by atoms with E-state index in [1.54, 1.807) is 30.3 Å². The molecule has 0 heterocycles. The highest BCUT2D eigenvalue weighted by atomic mass is 19.3. The molecule has 1 aromatic carbocycles. The smallest absolute Gasteiger partial charge is 0.335 e. The Labute approximate surface area is 62.6 Å². The van der Waals surface area contributed by atoms with Gasteiger partial charge in [0.15, 0.2) is 0 Å². The first-order valence-corrected chi connectivity index (χ1v) is 2.76. The van der Waals surface area contributed by atoms with Crippen molar-refractivity contribution in [3.8, 4) is 0 Å². The zero-order valence-electron chi connectivity index (χ0n) is 5.57. The summed E-state index contributed by atoms with van der Waals surface area (Å²) in [6.07, 6.45) is 0. The molecule has 3 nitrogen and oxygen atoms in total. The van der Waals surface area contributed by atoms with Crippen LogP contribution in [0.4, 0.5) is 4.53 Å². The molecule has 0 unspecified atom stereocenters. The minimum absolute atomic E-state index is 0.331. The van der Waals surface area contributed by atoms with Gasteiger partial charge < -0.3 is 5.11 Å². The standard InChI is InChI=1S/C7H6O2.FHO/c8-7(9)6-4-2-1-3-5-6;1-2/h1-5H,(H,8,9);2H. The van der Waals surface area contributed by atoms with Crippen LogP contribution in [0.3, 0.4) is 0 Å². The maximum absolute atomic E-state index is 10.2. The van der Waals surface area contributed by atoms with E-state index in [-0.39, 0.29) is 0 Å². The number of rotatable bonds is 1. The summed E-state index contributed by atoms with van der Waals surface area (Å²) >= 11 is 0. The number of hydrogen-bond donors (Lipinski definition) is 2. The lowest BCUT2D eigenvalue weighted by atomic mass is 10.2. The molecule has 0 bridgehead atoms. The van der Waals surface area contributed by atoms with Crippen LogP contribution < -0.4 is 0 Å². The second kappa shape index (κ2) is 5.37. The van der Waals surface area contributed by atoms with Crippen LogP contribution in [0.2, 0.25) is 0 Å². The van der Waals surface area contributed by atoms with Crippen molar-refractivity contribution in [3.05, 3.63) is 35.9 Å². The van der Waals surface area contributed by atoms with Crippen molar-refractivity contribution in [2.24, 2.45) is 0 Å². The zero-order chi connectivity index (χ0) is 8.69. The van der Waals surface area contributed by atoms with E-state index in [0.29, 0.717) is 5.56 Å². The highest BCUT2D eigenvalue weighted by molar-refractivity contribution is 5.87. The van der Waals surface area contributed by atoms with Crippen LogP contribution in [0, 0.1) is 0 Å². The molecule has 0 aliphatic heterocycles. The van der Waals surface area contributed by atoms with E-state index >= 15 is 0 Å². The Balaban J connectivity index is 0.000000461. The van der Waals surface area contributed by atoms with Gasteiger partial charge in [0.2, 0.25) is 0 Å². The predicted molar refractivity (Wildman–Crippen MR) is 36.7 cm³/mol. The van der Waals surface area contributed by atoms with Crippen LogP contribution >= 0.6 is 0 Å². The summed E-state index contributed by atoms with van der Waals surface area (Å²) in [6, 6.07) is 8.30. The van der Waals surface area contributed by atoms with Crippen molar-refractivity contribution >= 4 is 5.97 Å². The first kappa shape index (κ1) is 9.58. The average Bonchev–Trinajstić information content (AvgIpc) is 2.10. The molecule has 0 aliphatic carbocycles. The molecule has 1 rings (SSSR count). The second-order valence-electron chi connectivity index (χ2n) is 1.67. The van der Waals surface area contributed by atoms with E-state index in [1.807, 2.05) is 0 Å². The van der Waals surface area contributed by atoms with Gasteiger partial charge in [0.25, 0.3) is 0 Å². The van der Waals surface area contributed by atoms with Crippen molar-refractivity contribution < 1.29 is 19.7 Å². The fourth-order valence-electron chi connectivity index (χ4n) is 0.581. The maximum atomic E-state index is 10.2. The molecule has 0 saturated carbocycles. The lowest BCUT2D eigenvalue weighted by molar-refractivity contribution is -0.0441. The monoisotopic (exact) mass is 158 g/mol. The predicted octanol–water partition coefficient (Wildman–Crippen LogP) is 1.25. The Kier molecular flexibility index (Phi) is 4.68. The molecule has 0 spiro atoms. The summed E-state index contributed by atoms with van der Waals surface area (Å²) in [4.78, 5) is 10.2. The van der Waals surface area contributed by atoms with Gasteiger partial charge in [-0.1, -0.05) is 22.7 Å². The van der Waals surface area contributed by atoms with Crippen LogP contribution in [-0.4, -0.2) is 16.4 Å². The SMILES string of the molecule is O=C(O)c1ccccc1.OF. The van der Waals surface area contributed by atoms with E-state index in [4.69, 9.17) is 14.9 Å². The zero-order valence-corrected chi connectivity index (χ0v) is 5.57. The lowest BCUT2D eigenvalue weighted by Gasteiger charge is -1.88. The minimum Gasteiger partial charge on any atom is -0.478 e. The van der Waals surface area contributed by atoms with Crippen molar-refractivity contribution in [2.75, 3.05) is 0 Å². The highest BCUT2D eigenvalue weighted by Gasteiger charge is 1.96. The largest absolute Gasteiger partial charge is 0.478 e. The molecule has 60 valence electrons. The van der Waals surface area contributed by atoms with Crippen molar-refractivity contribution in [1.82, 2.24) is 0 Å². The van der Waals surface area contributed by atoms with E-state index in [9.17, 15) is 4.79 Å². The van der Waals surface area contributed by atoms with Crippen LogP contribution in [0.1, 0.15) is 10.4 Å². The molecule has 0 aromatic heterocycles. The molecule has 11 heavy (non-hydrogen) atoms. The first-order chi connectivity index (χ1) is 5.30. The quantitative estimate of drug-likeness (QED) is 0.646. The van der Waals surface area contributed by atoms with E-state index in [1.165, 1.54) is 0 Å². The Morgan fingerprint density at radius 1 is 1.18 bits per heavy atom. The lowest BCUT2D eigenvalue weighted by Crippen LogP contribution is -1.93. The van der Waals surface area contributed by atoms with Crippen LogP contribution in [-0.2, 0) is 0 Å². The van der Waals surface area contributed by atoms with Gasteiger partial charge in [0.1, 0.15) is 0 Å². The Bertz CT molecular complexity index is 210. The van der Waals surface area contributed by atoms with E-state index < -0.39 is 5.97 Å². The Morgan fingerprint density at radius 3 is 1.91 bits per heavy atom. The molecule has 2 N–H and O–H groups in total.